The first kappa shape index (κ1) is 25.2. The molecule has 0 aliphatic carbocycles. The van der Waals surface area contributed by atoms with E-state index in [9.17, 15) is 14.4 Å². The highest BCUT2D eigenvalue weighted by Crippen LogP contribution is 2.30. The number of methoxy groups -OCH3 is 2. The Bertz CT molecular complexity index is 1250. The van der Waals surface area contributed by atoms with Crippen molar-refractivity contribution in [1.29, 1.82) is 0 Å². The second kappa shape index (κ2) is 11.3. The second-order valence-corrected chi connectivity index (χ2v) is 8.60. The van der Waals surface area contributed by atoms with Gasteiger partial charge in [-0.15, -0.1) is 11.6 Å². The van der Waals surface area contributed by atoms with E-state index in [0.29, 0.717) is 59.3 Å². The van der Waals surface area contributed by atoms with Crippen molar-refractivity contribution in [3.05, 3.63) is 65.5 Å². The van der Waals surface area contributed by atoms with Gasteiger partial charge in [-0.25, -0.2) is 9.48 Å². The summed E-state index contributed by atoms with van der Waals surface area (Å²) in [6, 6.07) is 14.1. The van der Waals surface area contributed by atoms with Crippen LogP contribution >= 0.6 is 11.6 Å². The molecule has 0 saturated heterocycles. The minimum absolute atomic E-state index is 0.0784. The number of ether oxygens (including phenoxy) is 2. The van der Waals surface area contributed by atoms with Gasteiger partial charge in [0.25, 0.3) is 5.91 Å². The third-order valence-corrected chi connectivity index (χ3v) is 6.23. The van der Waals surface area contributed by atoms with Crippen LogP contribution in [0, 0.1) is 0 Å². The van der Waals surface area contributed by atoms with E-state index in [1.807, 2.05) is 0 Å². The van der Waals surface area contributed by atoms with Gasteiger partial charge in [0.05, 0.1) is 19.9 Å². The molecule has 2 aromatic carbocycles. The predicted octanol–water partition coefficient (Wildman–Crippen LogP) is 4.22. The summed E-state index contributed by atoms with van der Waals surface area (Å²) in [7, 11) is 2.86. The number of anilines is 2. The van der Waals surface area contributed by atoms with Crippen molar-refractivity contribution in [2.45, 2.75) is 25.7 Å². The Kier molecular flexibility index (Phi) is 7.90. The molecular weight excluding hydrogens is 484 g/mol. The van der Waals surface area contributed by atoms with Gasteiger partial charge in [0.2, 0.25) is 5.91 Å². The Morgan fingerprint density at radius 3 is 2.36 bits per heavy atom. The van der Waals surface area contributed by atoms with E-state index in [4.69, 9.17) is 21.1 Å². The van der Waals surface area contributed by atoms with Crippen LogP contribution in [0.2, 0.25) is 0 Å². The average molecular weight is 511 g/mol. The van der Waals surface area contributed by atoms with Crippen LogP contribution in [0.5, 0.6) is 5.75 Å². The molecule has 9 nitrogen and oxygen atoms in total. The number of carbonyl (C=O) groups is 3. The maximum absolute atomic E-state index is 13.7. The Hall–Kier alpha value is -3.85. The smallest absolute Gasteiger partial charge is 0.358 e. The van der Waals surface area contributed by atoms with Gasteiger partial charge in [-0.05, 0) is 67.8 Å². The summed E-state index contributed by atoms with van der Waals surface area (Å²) >= 11 is 5.66. The second-order valence-electron chi connectivity index (χ2n) is 8.23. The number of fused-ring (bicyclic) bond motifs is 1. The quantitative estimate of drug-likeness (QED) is 0.263. The van der Waals surface area contributed by atoms with Crippen LogP contribution < -0.4 is 15.0 Å². The summed E-state index contributed by atoms with van der Waals surface area (Å²) in [5, 5.41) is 7.30. The molecular formula is C26H27ClN4O5. The molecule has 2 amide bonds. The number of aromatic nitrogens is 2. The molecule has 4 rings (SSSR count). The van der Waals surface area contributed by atoms with Crippen molar-refractivity contribution in [3.8, 4) is 11.4 Å². The molecule has 0 atom stereocenters. The van der Waals surface area contributed by atoms with Crippen molar-refractivity contribution >= 4 is 40.8 Å². The zero-order valence-corrected chi connectivity index (χ0v) is 20.9. The van der Waals surface area contributed by atoms with Crippen LogP contribution in [0.3, 0.4) is 0 Å². The van der Waals surface area contributed by atoms with E-state index in [2.05, 4.69) is 10.4 Å². The molecule has 0 spiro atoms. The minimum atomic E-state index is -0.592. The molecule has 3 aromatic rings. The lowest BCUT2D eigenvalue weighted by atomic mass is 10.0. The number of hydrogen-bond acceptors (Lipinski definition) is 6. The number of esters is 1. The van der Waals surface area contributed by atoms with Gasteiger partial charge in [-0.2, -0.15) is 5.10 Å². The fraction of sp³-hybridized carbons (Fsp3) is 0.308. The van der Waals surface area contributed by atoms with E-state index in [0.717, 1.165) is 12.8 Å². The number of amides is 2. The normalized spacial score (nSPS) is 12.8. The maximum Gasteiger partial charge on any atom is 0.358 e. The van der Waals surface area contributed by atoms with Crippen LogP contribution in [0.15, 0.2) is 48.5 Å². The van der Waals surface area contributed by atoms with Gasteiger partial charge in [0.1, 0.15) is 11.4 Å². The summed E-state index contributed by atoms with van der Waals surface area (Å²) < 4.78 is 11.6. The molecule has 0 fully saturated rings. The van der Waals surface area contributed by atoms with Crippen LogP contribution in [-0.2, 0) is 16.0 Å². The van der Waals surface area contributed by atoms with Crippen molar-refractivity contribution in [2.24, 2.45) is 0 Å². The predicted molar refractivity (Wildman–Crippen MR) is 136 cm³/mol. The fourth-order valence-electron chi connectivity index (χ4n) is 4.11. The Labute approximate surface area is 213 Å². The van der Waals surface area contributed by atoms with Gasteiger partial charge in [-0.3, -0.25) is 9.59 Å². The average Bonchev–Trinajstić information content (AvgIpc) is 3.30. The molecule has 2 heterocycles. The first-order valence-electron chi connectivity index (χ1n) is 11.6. The lowest BCUT2D eigenvalue weighted by Gasteiger charge is -2.28. The number of alkyl halides is 1. The Morgan fingerprint density at radius 2 is 1.72 bits per heavy atom. The van der Waals surface area contributed by atoms with Crippen molar-refractivity contribution in [2.75, 3.05) is 36.9 Å². The largest absolute Gasteiger partial charge is 0.497 e. The zero-order valence-electron chi connectivity index (χ0n) is 20.1. The molecule has 1 aliphatic heterocycles. The van der Waals surface area contributed by atoms with Crippen molar-refractivity contribution < 1.29 is 23.9 Å². The van der Waals surface area contributed by atoms with Crippen molar-refractivity contribution in [1.82, 2.24) is 9.78 Å². The molecule has 0 radical (unpaired) electrons. The Morgan fingerprint density at radius 1 is 1.03 bits per heavy atom. The Balaban J connectivity index is 1.61. The minimum Gasteiger partial charge on any atom is -0.497 e. The van der Waals surface area contributed by atoms with Gasteiger partial charge in [-0.1, -0.05) is 0 Å². The zero-order chi connectivity index (χ0) is 25.7. The highest BCUT2D eigenvalue weighted by molar-refractivity contribution is 6.17. The molecule has 0 bridgehead atoms. The number of rotatable bonds is 9. The molecule has 1 aliphatic rings. The van der Waals surface area contributed by atoms with E-state index in [1.54, 1.807) is 60.5 Å². The van der Waals surface area contributed by atoms with Crippen LogP contribution in [0.4, 0.5) is 11.4 Å². The van der Waals surface area contributed by atoms with E-state index in [-0.39, 0.29) is 17.5 Å². The lowest BCUT2D eigenvalue weighted by Crippen LogP contribution is -2.39. The van der Waals surface area contributed by atoms with Gasteiger partial charge in [0.15, 0.2) is 5.69 Å². The third kappa shape index (κ3) is 5.21. The maximum atomic E-state index is 13.7. The molecule has 0 saturated carbocycles. The first-order chi connectivity index (χ1) is 17.5. The van der Waals surface area contributed by atoms with Crippen molar-refractivity contribution in [3.63, 3.8) is 0 Å². The number of hydrogen-bond donors (Lipinski definition) is 1. The highest BCUT2D eigenvalue weighted by atomic mass is 35.5. The highest BCUT2D eigenvalue weighted by Gasteiger charge is 2.35. The SMILES string of the molecule is COC(=O)c1nn(-c2ccc(OC)cc2)c2c1CCN(c1ccc(NC(=O)CCCCCl)cc1)C2=O. The molecule has 0 unspecified atom stereocenters. The van der Waals surface area contributed by atoms with Gasteiger partial charge < -0.3 is 19.7 Å². The molecule has 1 N–H and O–H groups in total. The standard InChI is InChI=1S/C26H27ClN4O5/c1-35-20-12-10-19(11-13-20)31-24-21(23(29-31)26(34)36-2)14-16-30(25(24)33)18-8-6-17(7-9-18)28-22(32)5-3-4-15-27/h6-13H,3-5,14-16H2,1-2H3,(H,28,32). The molecule has 188 valence electrons. The molecule has 36 heavy (non-hydrogen) atoms. The first-order valence-corrected chi connectivity index (χ1v) is 12.1. The fourth-order valence-corrected chi connectivity index (χ4v) is 4.29. The monoisotopic (exact) mass is 510 g/mol. The topological polar surface area (TPSA) is 103 Å². The van der Waals surface area contributed by atoms with E-state index >= 15 is 0 Å². The molecule has 10 heteroatoms. The summed E-state index contributed by atoms with van der Waals surface area (Å²) in [5.41, 5.74) is 2.93. The van der Waals surface area contributed by atoms with E-state index < -0.39 is 5.97 Å². The number of halogens is 1. The number of carbonyl (C=O) groups excluding carboxylic acids is 3. The summed E-state index contributed by atoms with van der Waals surface area (Å²) in [6.45, 7) is 0.369. The number of nitrogens with zero attached hydrogens (tertiary/aromatic N) is 3. The van der Waals surface area contributed by atoms with Crippen LogP contribution in [0.25, 0.3) is 5.69 Å². The van der Waals surface area contributed by atoms with Gasteiger partial charge >= 0.3 is 5.97 Å². The number of unbranched alkanes of at least 4 members (excludes halogenated alkanes) is 1. The summed E-state index contributed by atoms with van der Waals surface area (Å²) in [4.78, 5) is 39.8. The van der Waals surface area contributed by atoms with E-state index in [1.165, 1.54) is 11.8 Å². The third-order valence-electron chi connectivity index (χ3n) is 5.96. The summed E-state index contributed by atoms with van der Waals surface area (Å²) in [6.07, 6.45) is 2.35. The number of benzene rings is 2. The van der Waals surface area contributed by atoms with Crippen LogP contribution in [-0.4, -0.2) is 54.2 Å². The lowest BCUT2D eigenvalue weighted by molar-refractivity contribution is -0.116. The summed E-state index contributed by atoms with van der Waals surface area (Å²) in [5.74, 6) is 0.238. The molecule has 1 aromatic heterocycles. The van der Waals surface area contributed by atoms with Gasteiger partial charge in [0, 0.05) is 35.8 Å². The van der Waals surface area contributed by atoms with Crippen LogP contribution in [0.1, 0.15) is 45.8 Å². The number of nitrogens with one attached hydrogen (secondary N) is 1.